The van der Waals surface area contributed by atoms with Gasteiger partial charge in [-0.05, 0) is 62.4 Å². The molecular weight excluding hydrogens is 594 g/mol. The van der Waals surface area contributed by atoms with Crippen LogP contribution in [-0.4, -0.2) is 66.5 Å². The number of esters is 1. The molecule has 1 N–H and O–H groups in total. The molecule has 1 aliphatic rings. The van der Waals surface area contributed by atoms with Crippen LogP contribution >= 0.6 is 11.6 Å². The number of hydrogen-bond donors (Lipinski definition) is 1. The average Bonchev–Trinajstić information content (AvgIpc) is 3.76. The Bertz CT molecular complexity index is 1740. The molecule has 11 nitrogen and oxygen atoms in total. The number of aromatic nitrogens is 4. The van der Waals surface area contributed by atoms with E-state index in [0.717, 1.165) is 30.2 Å². The maximum Gasteiger partial charge on any atom is 0.376 e. The fourth-order valence-corrected chi connectivity index (χ4v) is 5.32. The van der Waals surface area contributed by atoms with Crippen LogP contribution in [0.4, 0.5) is 5.82 Å². The van der Waals surface area contributed by atoms with Gasteiger partial charge in [-0.25, -0.2) is 19.7 Å². The van der Waals surface area contributed by atoms with Gasteiger partial charge in [0.05, 0.1) is 32.1 Å². The fourth-order valence-electron chi connectivity index (χ4n) is 4.78. The van der Waals surface area contributed by atoms with E-state index in [2.05, 4.69) is 22.2 Å². The third kappa shape index (κ3) is 7.62. The normalized spacial score (nSPS) is 14.1. The molecule has 13 heteroatoms. The molecule has 1 aliphatic carbocycles. The molecule has 2 aromatic carbocycles. The topological polar surface area (TPSA) is 135 Å². The van der Waals surface area contributed by atoms with E-state index >= 15 is 0 Å². The molecule has 228 valence electrons. The number of aryl methyl sites for hydroxylation is 1. The zero-order valence-corrected chi connectivity index (χ0v) is 26.0. The Labute approximate surface area is 255 Å². The Kier molecular flexibility index (Phi) is 9.19. The van der Waals surface area contributed by atoms with Gasteiger partial charge in [0.2, 0.25) is 5.82 Å². The van der Waals surface area contributed by atoms with Crippen LogP contribution in [0.3, 0.4) is 0 Å². The second-order valence-corrected chi connectivity index (χ2v) is 12.8. The van der Waals surface area contributed by atoms with Crippen LogP contribution in [0.25, 0.3) is 22.6 Å². The van der Waals surface area contributed by atoms with Gasteiger partial charge in [0.15, 0.2) is 11.5 Å². The third-order valence-electron chi connectivity index (χ3n) is 7.14. The van der Waals surface area contributed by atoms with Gasteiger partial charge in [-0.3, -0.25) is 4.18 Å². The largest absolute Gasteiger partial charge is 0.493 e. The van der Waals surface area contributed by atoms with Gasteiger partial charge in [-0.15, -0.1) is 0 Å². The number of anilines is 1. The number of carbonyl (C=O) groups is 1. The molecule has 0 bridgehead atoms. The minimum atomic E-state index is -3.53. The van der Waals surface area contributed by atoms with E-state index in [0.29, 0.717) is 58.0 Å². The molecule has 5 rings (SSSR count). The SMILES string of the molecule is COC(=O)c1nc(N[C@H](C)C2CC2)c2c(n1)nc(-c1cc(C)ccc1OCCCOS(C)(=O)=O)n2Cc1ccc(Cl)cc1. The average molecular weight is 628 g/mol. The van der Waals surface area contributed by atoms with E-state index in [4.69, 9.17) is 30.2 Å². The highest BCUT2D eigenvalue weighted by Gasteiger charge is 2.30. The molecule has 4 aromatic rings. The summed E-state index contributed by atoms with van der Waals surface area (Å²) < 4.78 is 40.6. The van der Waals surface area contributed by atoms with Crippen LogP contribution in [-0.2, 0) is 25.6 Å². The summed E-state index contributed by atoms with van der Waals surface area (Å²) in [6.45, 7) is 4.71. The summed E-state index contributed by atoms with van der Waals surface area (Å²) in [5.74, 6) is 1.38. The lowest BCUT2D eigenvalue weighted by Crippen LogP contribution is -2.21. The van der Waals surface area contributed by atoms with E-state index < -0.39 is 16.1 Å². The van der Waals surface area contributed by atoms with Crippen molar-refractivity contribution in [1.29, 1.82) is 0 Å². The Morgan fingerprint density at radius 3 is 2.53 bits per heavy atom. The van der Waals surface area contributed by atoms with Gasteiger partial charge in [-0.1, -0.05) is 35.4 Å². The molecule has 0 aliphatic heterocycles. The van der Waals surface area contributed by atoms with Crippen molar-refractivity contribution in [1.82, 2.24) is 19.5 Å². The molecule has 0 spiro atoms. The Hall–Kier alpha value is -3.74. The van der Waals surface area contributed by atoms with Crippen molar-refractivity contribution < 1.29 is 26.9 Å². The zero-order valence-electron chi connectivity index (χ0n) is 24.5. The van der Waals surface area contributed by atoms with Crippen molar-refractivity contribution in [2.24, 2.45) is 5.92 Å². The number of methoxy groups -OCH3 is 1. The monoisotopic (exact) mass is 627 g/mol. The third-order valence-corrected chi connectivity index (χ3v) is 7.98. The molecule has 0 saturated heterocycles. The maximum atomic E-state index is 12.6. The van der Waals surface area contributed by atoms with Crippen LogP contribution in [0, 0.1) is 12.8 Å². The zero-order chi connectivity index (χ0) is 30.7. The summed E-state index contributed by atoms with van der Waals surface area (Å²) >= 11 is 6.18. The number of ether oxygens (including phenoxy) is 2. The van der Waals surface area contributed by atoms with Crippen LogP contribution in [0.15, 0.2) is 42.5 Å². The van der Waals surface area contributed by atoms with Crippen LogP contribution in [0.2, 0.25) is 5.02 Å². The minimum Gasteiger partial charge on any atom is -0.493 e. The molecule has 43 heavy (non-hydrogen) atoms. The highest BCUT2D eigenvalue weighted by atomic mass is 35.5. The number of benzene rings is 2. The Morgan fingerprint density at radius 1 is 1.12 bits per heavy atom. The molecule has 1 atom stereocenters. The first-order chi connectivity index (χ1) is 20.5. The van der Waals surface area contributed by atoms with Crippen molar-refractivity contribution in [3.05, 3.63) is 64.4 Å². The number of nitrogens with zero attached hydrogens (tertiary/aromatic N) is 4. The summed E-state index contributed by atoms with van der Waals surface area (Å²) in [6, 6.07) is 13.4. The summed E-state index contributed by atoms with van der Waals surface area (Å²) in [5.41, 5.74) is 3.63. The van der Waals surface area contributed by atoms with Crippen molar-refractivity contribution >= 4 is 44.7 Å². The maximum absolute atomic E-state index is 12.6. The van der Waals surface area contributed by atoms with Crippen LogP contribution in [0.5, 0.6) is 5.75 Å². The Balaban J connectivity index is 1.63. The first-order valence-electron chi connectivity index (χ1n) is 14.0. The van der Waals surface area contributed by atoms with E-state index in [1.165, 1.54) is 7.11 Å². The predicted molar refractivity (Wildman–Crippen MR) is 164 cm³/mol. The van der Waals surface area contributed by atoms with Gasteiger partial charge < -0.3 is 19.4 Å². The lowest BCUT2D eigenvalue weighted by atomic mass is 10.1. The second kappa shape index (κ2) is 12.9. The number of halogens is 1. The molecule has 1 saturated carbocycles. The van der Waals surface area contributed by atoms with E-state index in [-0.39, 0.29) is 25.1 Å². The van der Waals surface area contributed by atoms with Crippen LogP contribution in [0.1, 0.15) is 47.9 Å². The van der Waals surface area contributed by atoms with Gasteiger partial charge in [0.25, 0.3) is 10.1 Å². The number of fused-ring (bicyclic) bond motifs is 1. The highest BCUT2D eigenvalue weighted by Crippen LogP contribution is 2.37. The predicted octanol–water partition coefficient (Wildman–Crippen LogP) is 5.25. The van der Waals surface area contributed by atoms with Crippen molar-refractivity contribution in [3.8, 4) is 17.1 Å². The first kappa shape index (κ1) is 30.7. The minimum absolute atomic E-state index is 0.00914. The highest BCUT2D eigenvalue weighted by molar-refractivity contribution is 7.85. The van der Waals surface area contributed by atoms with E-state index in [1.54, 1.807) is 0 Å². The number of nitrogens with one attached hydrogen (secondary N) is 1. The summed E-state index contributed by atoms with van der Waals surface area (Å²) in [7, 11) is -2.24. The molecule has 2 aromatic heterocycles. The first-order valence-corrected chi connectivity index (χ1v) is 16.2. The number of hydrogen-bond acceptors (Lipinski definition) is 10. The van der Waals surface area contributed by atoms with Crippen LogP contribution < -0.4 is 10.1 Å². The fraction of sp³-hybridized carbons (Fsp3) is 0.400. The lowest BCUT2D eigenvalue weighted by Gasteiger charge is -2.18. The standard InChI is InChI=1S/C30H34ClN5O6S/c1-18-6-13-24(41-14-5-15-42-43(4,38)39)23(16-18)29-35-27-25(36(29)17-20-7-11-22(31)12-8-20)26(32-19(2)21-9-10-21)33-28(34-27)30(37)40-3/h6-8,11-13,16,19,21H,5,9-10,14-15,17H2,1-4H3,(H,32,33,34)/t19-/m1/s1. The van der Waals surface area contributed by atoms with Gasteiger partial charge >= 0.3 is 5.97 Å². The molecule has 1 fully saturated rings. The van der Waals surface area contributed by atoms with Gasteiger partial charge in [-0.2, -0.15) is 8.42 Å². The van der Waals surface area contributed by atoms with Gasteiger partial charge in [0, 0.05) is 24.0 Å². The van der Waals surface area contributed by atoms with Crippen molar-refractivity contribution in [3.63, 3.8) is 0 Å². The summed E-state index contributed by atoms with van der Waals surface area (Å²) in [6.07, 6.45) is 3.63. The van der Waals surface area contributed by atoms with Crippen molar-refractivity contribution in [2.45, 2.75) is 45.7 Å². The van der Waals surface area contributed by atoms with E-state index in [9.17, 15) is 13.2 Å². The molecule has 0 amide bonds. The Morgan fingerprint density at radius 2 is 1.86 bits per heavy atom. The number of imidazole rings is 1. The van der Waals surface area contributed by atoms with E-state index in [1.807, 2.05) is 54.0 Å². The second-order valence-electron chi connectivity index (χ2n) is 10.7. The lowest BCUT2D eigenvalue weighted by molar-refractivity contribution is 0.0587. The molecule has 0 unspecified atom stereocenters. The quantitative estimate of drug-likeness (QED) is 0.119. The van der Waals surface area contributed by atoms with Crippen molar-refractivity contribution in [2.75, 3.05) is 31.9 Å². The molecule has 2 heterocycles. The number of rotatable bonds is 13. The smallest absolute Gasteiger partial charge is 0.376 e. The van der Waals surface area contributed by atoms with Gasteiger partial charge in [0.1, 0.15) is 17.1 Å². The number of carbonyl (C=O) groups excluding carboxylic acids is 1. The molecule has 0 radical (unpaired) electrons. The molecular formula is C30H34ClN5O6S. The summed E-state index contributed by atoms with van der Waals surface area (Å²) in [4.78, 5) is 26.6. The summed E-state index contributed by atoms with van der Waals surface area (Å²) in [5, 5.41) is 4.14.